The summed E-state index contributed by atoms with van der Waals surface area (Å²) in [6.07, 6.45) is 2.96. The lowest BCUT2D eigenvalue weighted by atomic mass is 10.0. The van der Waals surface area contributed by atoms with Crippen molar-refractivity contribution in [3.8, 4) is 0 Å². The second kappa shape index (κ2) is 7.43. The van der Waals surface area contributed by atoms with Crippen LogP contribution in [0.1, 0.15) is 19.3 Å². The van der Waals surface area contributed by atoms with E-state index in [4.69, 9.17) is 5.73 Å². The number of benzene rings is 1. The second-order valence-electron chi connectivity index (χ2n) is 5.95. The van der Waals surface area contributed by atoms with E-state index >= 15 is 0 Å². The first-order valence-electron chi connectivity index (χ1n) is 7.59. The van der Waals surface area contributed by atoms with Gasteiger partial charge in [-0.2, -0.15) is 0 Å². The maximum absolute atomic E-state index is 12.0. The van der Waals surface area contributed by atoms with Gasteiger partial charge in [0.25, 0.3) is 0 Å². The predicted octanol–water partition coefficient (Wildman–Crippen LogP) is 1.62. The first-order chi connectivity index (χ1) is 10.1. The van der Waals surface area contributed by atoms with E-state index in [9.17, 15) is 4.79 Å². The van der Waals surface area contributed by atoms with Crippen LogP contribution in [0.3, 0.4) is 0 Å². The molecule has 1 aromatic rings. The molecule has 1 aromatic carbocycles. The molecule has 5 heteroatoms. The van der Waals surface area contributed by atoms with Crippen LogP contribution in [0.2, 0.25) is 0 Å². The Morgan fingerprint density at radius 3 is 2.90 bits per heavy atom. The summed E-state index contributed by atoms with van der Waals surface area (Å²) in [5, 5.41) is 2.88. The number of nitrogens with two attached hydrogens (primary N) is 1. The van der Waals surface area contributed by atoms with E-state index in [1.807, 2.05) is 18.2 Å². The van der Waals surface area contributed by atoms with Crippen molar-refractivity contribution in [1.29, 1.82) is 0 Å². The number of nitrogens with zero attached hydrogens (tertiary/aromatic N) is 2. The van der Waals surface area contributed by atoms with Gasteiger partial charge in [0.05, 0.1) is 11.4 Å². The maximum Gasteiger partial charge on any atom is 0.225 e. The number of hydrogen-bond acceptors (Lipinski definition) is 4. The minimum atomic E-state index is 0.0277. The Morgan fingerprint density at radius 2 is 2.19 bits per heavy atom. The van der Waals surface area contributed by atoms with Crippen molar-refractivity contribution in [2.45, 2.75) is 25.3 Å². The molecule has 5 nitrogen and oxygen atoms in total. The topological polar surface area (TPSA) is 61.6 Å². The van der Waals surface area contributed by atoms with Gasteiger partial charge in [0.2, 0.25) is 5.91 Å². The van der Waals surface area contributed by atoms with Crippen molar-refractivity contribution < 1.29 is 4.79 Å². The summed E-state index contributed by atoms with van der Waals surface area (Å²) in [6.45, 7) is 2.95. The number of likely N-dealkylation sites (N-methyl/N-ethyl adjacent to an activating group) is 1. The van der Waals surface area contributed by atoms with Gasteiger partial charge in [0.15, 0.2) is 0 Å². The molecule has 1 fully saturated rings. The molecule has 116 valence electrons. The van der Waals surface area contributed by atoms with Crippen LogP contribution in [0.4, 0.5) is 11.4 Å². The Kier molecular flexibility index (Phi) is 5.59. The van der Waals surface area contributed by atoms with E-state index in [1.54, 1.807) is 6.07 Å². The number of carbonyl (C=O) groups is 1. The van der Waals surface area contributed by atoms with Gasteiger partial charge in [0.1, 0.15) is 0 Å². The van der Waals surface area contributed by atoms with Gasteiger partial charge in [0, 0.05) is 25.6 Å². The van der Waals surface area contributed by atoms with Crippen LogP contribution in [-0.2, 0) is 4.79 Å². The number of amides is 1. The van der Waals surface area contributed by atoms with Crippen LogP contribution in [0, 0.1) is 0 Å². The van der Waals surface area contributed by atoms with Crippen molar-refractivity contribution in [2.24, 2.45) is 0 Å². The molecular formula is C16H26N4O. The lowest BCUT2D eigenvalue weighted by Gasteiger charge is -2.36. The van der Waals surface area contributed by atoms with Gasteiger partial charge in [-0.25, -0.2) is 0 Å². The summed E-state index contributed by atoms with van der Waals surface area (Å²) in [4.78, 5) is 16.7. The molecule has 0 radical (unpaired) electrons. The summed E-state index contributed by atoms with van der Waals surface area (Å²) in [5.41, 5.74) is 7.14. The van der Waals surface area contributed by atoms with Crippen LogP contribution in [0.5, 0.6) is 0 Å². The smallest absolute Gasteiger partial charge is 0.225 e. The molecular weight excluding hydrogens is 264 g/mol. The minimum Gasteiger partial charge on any atom is -0.397 e. The normalized spacial score (nSPS) is 19.7. The molecule has 1 atom stereocenters. The monoisotopic (exact) mass is 290 g/mol. The van der Waals surface area contributed by atoms with Gasteiger partial charge >= 0.3 is 0 Å². The first-order valence-corrected chi connectivity index (χ1v) is 7.59. The van der Waals surface area contributed by atoms with E-state index in [1.165, 1.54) is 12.8 Å². The van der Waals surface area contributed by atoms with Gasteiger partial charge in [-0.1, -0.05) is 12.1 Å². The molecule has 2 rings (SSSR count). The predicted molar refractivity (Wildman–Crippen MR) is 87.3 cm³/mol. The SMILES string of the molecule is CN(C)C1CCCN(CCC(=O)Nc2ccccc2N)C1. The molecule has 0 aliphatic carbocycles. The number of hydrogen-bond donors (Lipinski definition) is 2. The second-order valence-corrected chi connectivity index (χ2v) is 5.95. The quantitative estimate of drug-likeness (QED) is 0.809. The number of nitrogens with one attached hydrogen (secondary N) is 1. The fourth-order valence-corrected chi connectivity index (χ4v) is 2.74. The van der Waals surface area contributed by atoms with Crippen LogP contribution in [0.15, 0.2) is 24.3 Å². The van der Waals surface area contributed by atoms with Crippen molar-refractivity contribution in [1.82, 2.24) is 9.80 Å². The Morgan fingerprint density at radius 1 is 1.43 bits per heavy atom. The number of piperidine rings is 1. The van der Waals surface area contributed by atoms with Crippen LogP contribution in [0.25, 0.3) is 0 Å². The summed E-state index contributed by atoms with van der Waals surface area (Å²) < 4.78 is 0. The molecule has 1 aliphatic rings. The zero-order valence-corrected chi connectivity index (χ0v) is 13.0. The molecule has 21 heavy (non-hydrogen) atoms. The first kappa shape index (κ1) is 15.8. The standard InChI is InChI=1S/C16H26N4O/c1-19(2)13-6-5-10-20(12-13)11-9-16(21)18-15-8-4-3-7-14(15)17/h3-4,7-8,13H,5-6,9-12,17H2,1-2H3,(H,18,21). The fourth-order valence-electron chi connectivity index (χ4n) is 2.74. The zero-order chi connectivity index (χ0) is 15.2. The van der Waals surface area contributed by atoms with E-state index in [0.29, 0.717) is 23.8 Å². The molecule has 1 unspecified atom stereocenters. The van der Waals surface area contributed by atoms with Crippen molar-refractivity contribution >= 4 is 17.3 Å². The number of nitrogen functional groups attached to an aromatic ring is 1. The van der Waals surface area contributed by atoms with E-state index in [-0.39, 0.29) is 5.91 Å². The van der Waals surface area contributed by atoms with Gasteiger partial charge in [-0.3, -0.25) is 4.79 Å². The zero-order valence-electron chi connectivity index (χ0n) is 13.0. The summed E-state index contributed by atoms with van der Waals surface area (Å²) in [7, 11) is 4.25. The third-order valence-electron chi connectivity index (χ3n) is 4.10. The van der Waals surface area contributed by atoms with Crippen LogP contribution < -0.4 is 11.1 Å². The lowest BCUT2D eigenvalue weighted by molar-refractivity contribution is -0.116. The average Bonchev–Trinajstić information content (AvgIpc) is 2.48. The molecule has 1 amide bonds. The highest BCUT2D eigenvalue weighted by atomic mass is 16.1. The summed E-state index contributed by atoms with van der Waals surface area (Å²) >= 11 is 0. The molecule has 1 saturated heterocycles. The Labute approximate surface area is 127 Å². The fraction of sp³-hybridized carbons (Fsp3) is 0.562. The average molecular weight is 290 g/mol. The highest BCUT2D eigenvalue weighted by molar-refractivity contribution is 5.93. The Balaban J connectivity index is 1.77. The lowest BCUT2D eigenvalue weighted by Crippen LogP contribution is -2.45. The Hall–Kier alpha value is -1.59. The molecule has 0 spiro atoms. The molecule has 0 saturated carbocycles. The van der Waals surface area contributed by atoms with Crippen molar-refractivity contribution in [2.75, 3.05) is 44.8 Å². The van der Waals surface area contributed by atoms with E-state index < -0.39 is 0 Å². The van der Waals surface area contributed by atoms with E-state index in [0.717, 1.165) is 19.6 Å². The highest BCUT2D eigenvalue weighted by Crippen LogP contribution is 2.17. The third-order valence-corrected chi connectivity index (χ3v) is 4.10. The van der Waals surface area contributed by atoms with Gasteiger partial charge in [-0.05, 0) is 45.6 Å². The van der Waals surface area contributed by atoms with Crippen molar-refractivity contribution in [3.63, 3.8) is 0 Å². The number of anilines is 2. The maximum atomic E-state index is 12.0. The number of para-hydroxylation sites is 2. The van der Waals surface area contributed by atoms with Gasteiger partial charge in [-0.15, -0.1) is 0 Å². The Bertz CT molecular complexity index is 475. The van der Waals surface area contributed by atoms with E-state index in [2.05, 4.69) is 29.2 Å². The highest BCUT2D eigenvalue weighted by Gasteiger charge is 2.21. The summed E-state index contributed by atoms with van der Waals surface area (Å²) in [5.74, 6) is 0.0277. The van der Waals surface area contributed by atoms with Crippen molar-refractivity contribution in [3.05, 3.63) is 24.3 Å². The molecule has 3 N–H and O–H groups in total. The largest absolute Gasteiger partial charge is 0.397 e. The minimum absolute atomic E-state index is 0.0277. The van der Waals surface area contributed by atoms with Gasteiger partial charge < -0.3 is 20.9 Å². The van der Waals surface area contributed by atoms with Crippen LogP contribution >= 0.6 is 0 Å². The molecule has 0 aromatic heterocycles. The third kappa shape index (κ3) is 4.72. The number of carbonyl (C=O) groups excluding carboxylic acids is 1. The molecule has 0 bridgehead atoms. The molecule has 1 aliphatic heterocycles. The number of rotatable bonds is 5. The molecule has 1 heterocycles. The summed E-state index contributed by atoms with van der Waals surface area (Å²) in [6, 6.07) is 7.96. The number of likely N-dealkylation sites (tertiary alicyclic amines) is 1. The van der Waals surface area contributed by atoms with Crippen LogP contribution in [-0.4, -0.2) is 55.5 Å².